The zero-order valence-corrected chi connectivity index (χ0v) is 17.6. The highest BCUT2D eigenvalue weighted by Crippen LogP contribution is 2.50. The molecular weight excluding hydrogens is 317 g/mol. The first-order valence-corrected chi connectivity index (χ1v) is 10.3. The molecule has 1 aromatic heterocycles. The summed E-state index contributed by atoms with van der Waals surface area (Å²) >= 11 is 0. The maximum atomic E-state index is 6.49. The van der Waals surface area contributed by atoms with Gasteiger partial charge in [0.15, 0.2) is 8.45 Å². The number of hydrogen-bond donors (Lipinski definition) is 0. The molecule has 0 aliphatic rings. The zero-order valence-electron chi connectivity index (χ0n) is 16.7. The van der Waals surface area contributed by atoms with Crippen LogP contribution in [0.1, 0.15) is 61.1 Å². The van der Waals surface area contributed by atoms with E-state index in [2.05, 4.69) is 75.8 Å². The van der Waals surface area contributed by atoms with Gasteiger partial charge in [0.05, 0.1) is 6.61 Å². The van der Waals surface area contributed by atoms with Crippen molar-refractivity contribution in [1.82, 2.24) is 14.3 Å². The Kier molecular flexibility index (Phi) is 9.36. The van der Waals surface area contributed by atoms with Gasteiger partial charge in [-0.3, -0.25) is 4.98 Å². The maximum absolute atomic E-state index is 6.49. The van der Waals surface area contributed by atoms with Crippen LogP contribution in [0.25, 0.3) is 0 Å². The van der Waals surface area contributed by atoms with Gasteiger partial charge in [-0.05, 0) is 67.5 Å². The third-order valence-electron chi connectivity index (χ3n) is 3.80. The predicted octanol–water partition coefficient (Wildman–Crippen LogP) is 5.11. The minimum absolute atomic E-state index is 0.450. The minimum Gasteiger partial charge on any atom is -0.331 e. The Balaban J connectivity index is 2.90. The lowest BCUT2D eigenvalue weighted by atomic mass is 10.3. The molecule has 0 aliphatic carbocycles. The van der Waals surface area contributed by atoms with Crippen LogP contribution >= 0.6 is 8.45 Å². The highest BCUT2D eigenvalue weighted by Gasteiger charge is 2.34. The summed E-state index contributed by atoms with van der Waals surface area (Å²) in [5.41, 5.74) is 1.09. The number of pyridine rings is 1. The molecule has 0 amide bonds. The summed E-state index contributed by atoms with van der Waals surface area (Å²) in [6.07, 6.45) is 2.70. The minimum atomic E-state index is -0.803. The molecule has 0 unspecified atom stereocenters. The Bertz CT molecular complexity index is 415. The average Bonchev–Trinajstić information content (AvgIpc) is 2.46. The number of rotatable bonds is 10. The van der Waals surface area contributed by atoms with Gasteiger partial charge in [-0.15, -0.1) is 0 Å². The highest BCUT2D eigenvalue weighted by molar-refractivity contribution is 7.47. The van der Waals surface area contributed by atoms with Crippen molar-refractivity contribution in [3.63, 3.8) is 0 Å². The molecule has 4 nitrogen and oxygen atoms in total. The summed E-state index contributed by atoms with van der Waals surface area (Å²) < 4.78 is 11.5. The third kappa shape index (κ3) is 6.40. The molecule has 0 atom stereocenters. The topological polar surface area (TPSA) is 28.6 Å². The van der Waals surface area contributed by atoms with Gasteiger partial charge in [0.2, 0.25) is 0 Å². The molecule has 1 heterocycles. The van der Waals surface area contributed by atoms with Crippen molar-refractivity contribution in [3.05, 3.63) is 30.1 Å². The summed E-state index contributed by atoms with van der Waals surface area (Å²) in [5.74, 6) is 0. The van der Waals surface area contributed by atoms with Gasteiger partial charge < -0.3 is 4.52 Å². The molecule has 0 saturated heterocycles. The Morgan fingerprint density at radius 2 is 1.38 bits per heavy atom. The van der Waals surface area contributed by atoms with Crippen LogP contribution in [0.5, 0.6) is 0 Å². The number of aromatic nitrogens is 1. The monoisotopic (exact) mass is 353 g/mol. The van der Waals surface area contributed by atoms with E-state index < -0.39 is 8.45 Å². The molecule has 0 saturated carbocycles. The summed E-state index contributed by atoms with van der Waals surface area (Å²) in [6, 6.07) is 7.86. The molecule has 0 bridgehead atoms. The SMILES string of the molecule is CC(C)N(C(C)C)P(OCCc1ccccn1)N(C(C)C)C(C)C. The van der Waals surface area contributed by atoms with Crippen LogP contribution in [0.4, 0.5) is 0 Å². The fraction of sp³-hybridized carbons (Fsp3) is 0.737. The van der Waals surface area contributed by atoms with Crippen molar-refractivity contribution in [1.29, 1.82) is 0 Å². The van der Waals surface area contributed by atoms with E-state index in [1.807, 2.05) is 18.3 Å². The van der Waals surface area contributed by atoms with Crippen molar-refractivity contribution in [2.45, 2.75) is 86.0 Å². The van der Waals surface area contributed by atoms with Gasteiger partial charge >= 0.3 is 0 Å². The smallest absolute Gasteiger partial charge is 0.188 e. The molecule has 138 valence electrons. The van der Waals surface area contributed by atoms with Crippen LogP contribution in [0, 0.1) is 0 Å². The second kappa shape index (κ2) is 10.5. The molecule has 0 spiro atoms. The lowest BCUT2D eigenvalue weighted by molar-refractivity contribution is 0.187. The molecular formula is C19H36N3OP. The van der Waals surface area contributed by atoms with Crippen molar-refractivity contribution >= 4 is 8.45 Å². The maximum Gasteiger partial charge on any atom is 0.188 e. The lowest BCUT2D eigenvalue weighted by Gasteiger charge is -2.45. The van der Waals surface area contributed by atoms with E-state index in [9.17, 15) is 0 Å². The molecule has 0 radical (unpaired) electrons. The average molecular weight is 353 g/mol. The first kappa shape index (κ1) is 21.5. The van der Waals surface area contributed by atoms with Crippen LogP contribution in [-0.2, 0) is 10.9 Å². The van der Waals surface area contributed by atoms with E-state index in [1.54, 1.807) is 0 Å². The van der Waals surface area contributed by atoms with Crippen LogP contribution in [0.3, 0.4) is 0 Å². The van der Waals surface area contributed by atoms with Crippen LogP contribution in [-0.4, -0.2) is 45.1 Å². The molecule has 1 rings (SSSR count). The van der Waals surface area contributed by atoms with Crippen LogP contribution in [0.2, 0.25) is 0 Å². The summed E-state index contributed by atoms with van der Waals surface area (Å²) in [4.78, 5) is 4.41. The fourth-order valence-corrected chi connectivity index (χ4v) is 5.35. The van der Waals surface area contributed by atoms with E-state index in [0.29, 0.717) is 30.8 Å². The van der Waals surface area contributed by atoms with Gasteiger partial charge in [-0.25, -0.2) is 9.34 Å². The van der Waals surface area contributed by atoms with E-state index >= 15 is 0 Å². The van der Waals surface area contributed by atoms with Crippen molar-refractivity contribution in [2.24, 2.45) is 0 Å². The van der Waals surface area contributed by atoms with Crippen LogP contribution < -0.4 is 0 Å². The van der Waals surface area contributed by atoms with Gasteiger partial charge in [0, 0.05) is 42.5 Å². The molecule has 0 fully saturated rings. The van der Waals surface area contributed by atoms with Crippen molar-refractivity contribution < 1.29 is 4.52 Å². The highest BCUT2D eigenvalue weighted by atomic mass is 31.2. The predicted molar refractivity (Wildman–Crippen MR) is 105 cm³/mol. The standard InChI is InChI=1S/C19H36N3OP/c1-15(2)21(16(3)4)24(22(17(5)6)18(7)8)23-14-12-19-11-9-10-13-20-19/h9-11,13,15-18H,12,14H2,1-8H3. The fourth-order valence-electron chi connectivity index (χ4n) is 3.01. The molecule has 0 N–H and O–H groups in total. The Hall–Kier alpha value is -0.540. The Morgan fingerprint density at radius 3 is 1.75 bits per heavy atom. The first-order chi connectivity index (χ1) is 11.3. The zero-order chi connectivity index (χ0) is 18.3. The van der Waals surface area contributed by atoms with Crippen LogP contribution in [0.15, 0.2) is 24.4 Å². The molecule has 1 aromatic rings. The van der Waals surface area contributed by atoms with E-state index in [-0.39, 0.29) is 0 Å². The van der Waals surface area contributed by atoms with E-state index in [0.717, 1.165) is 12.1 Å². The summed E-state index contributed by atoms with van der Waals surface area (Å²) in [6.45, 7) is 18.8. The van der Waals surface area contributed by atoms with Gasteiger partial charge in [0.1, 0.15) is 0 Å². The summed E-state index contributed by atoms with van der Waals surface area (Å²) in [5, 5.41) is 0. The summed E-state index contributed by atoms with van der Waals surface area (Å²) in [7, 11) is -0.803. The number of hydrogen-bond acceptors (Lipinski definition) is 4. The first-order valence-electron chi connectivity index (χ1n) is 9.15. The molecule has 24 heavy (non-hydrogen) atoms. The molecule has 0 aliphatic heterocycles. The molecule has 0 aromatic carbocycles. The van der Waals surface area contributed by atoms with Crippen molar-refractivity contribution in [3.8, 4) is 0 Å². The molecule has 5 heteroatoms. The third-order valence-corrected chi connectivity index (χ3v) is 6.85. The Morgan fingerprint density at radius 1 is 0.875 bits per heavy atom. The normalized spacial score (nSPS) is 12.8. The second-order valence-electron chi connectivity index (χ2n) is 7.29. The van der Waals surface area contributed by atoms with Gasteiger partial charge in [-0.2, -0.15) is 0 Å². The van der Waals surface area contributed by atoms with E-state index in [4.69, 9.17) is 4.52 Å². The van der Waals surface area contributed by atoms with Gasteiger partial charge in [0.25, 0.3) is 0 Å². The largest absolute Gasteiger partial charge is 0.331 e. The lowest BCUT2D eigenvalue weighted by Crippen LogP contribution is -2.43. The van der Waals surface area contributed by atoms with E-state index in [1.165, 1.54) is 0 Å². The number of nitrogens with zero attached hydrogens (tertiary/aromatic N) is 3. The Labute approximate surface area is 150 Å². The van der Waals surface area contributed by atoms with Gasteiger partial charge in [-0.1, -0.05) is 6.07 Å². The second-order valence-corrected chi connectivity index (χ2v) is 8.98. The van der Waals surface area contributed by atoms with Crippen molar-refractivity contribution in [2.75, 3.05) is 6.61 Å². The quantitative estimate of drug-likeness (QED) is 0.547.